The Balaban J connectivity index is 1.50. The lowest BCUT2D eigenvalue weighted by molar-refractivity contribution is -0.127. The molecule has 158 valence electrons. The maximum absolute atomic E-state index is 12.4. The Morgan fingerprint density at radius 2 is 2.10 bits per heavy atom. The van der Waals surface area contributed by atoms with Crippen LogP contribution in [0.1, 0.15) is 35.8 Å². The molecule has 9 heteroatoms. The first-order valence-electron chi connectivity index (χ1n) is 9.75. The van der Waals surface area contributed by atoms with Gasteiger partial charge in [0.2, 0.25) is 5.91 Å². The van der Waals surface area contributed by atoms with Gasteiger partial charge in [-0.25, -0.2) is 4.79 Å². The van der Waals surface area contributed by atoms with Gasteiger partial charge in [-0.2, -0.15) is 0 Å². The van der Waals surface area contributed by atoms with E-state index in [0.717, 1.165) is 18.7 Å². The summed E-state index contributed by atoms with van der Waals surface area (Å²) in [6, 6.07) is 9.54. The number of carbonyl (C=O) groups excluding carboxylic acids is 3. The number of nitrogens with one attached hydrogen (secondary N) is 3. The molecule has 1 unspecified atom stereocenters. The Kier molecular flexibility index (Phi) is 7.24. The number of halogens is 1. The molecule has 30 heavy (non-hydrogen) atoms. The Bertz CT molecular complexity index is 922. The molecule has 2 heterocycles. The van der Waals surface area contributed by atoms with Gasteiger partial charge < -0.3 is 20.9 Å². The number of hydrogen-bond donors (Lipinski definition) is 3. The van der Waals surface area contributed by atoms with Crippen LogP contribution in [0.15, 0.2) is 42.6 Å². The molecule has 1 aliphatic rings. The van der Waals surface area contributed by atoms with Crippen LogP contribution >= 0.6 is 11.6 Å². The minimum Gasteiger partial charge on any atom is -0.346 e. The number of likely N-dealkylation sites (tertiary alicyclic amines) is 1. The van der Waals surface area contributed by atoms with Crippen LogP contribution in [0.5, 0.6) is 0 Å². The van der Waals surface area contributed by atoms with E-state index in [1.807, 2.05) is 19.1 Å². The number of amides is 4. The third-order valence-corrected chi connectivity index (χ3v) is 4.98. The van der Waals surface area contributed by atoms with Crippen LogP contribution in [-0.2, 0) is 11.3 Å². The van der Waals surface area contributed by atoms with Gasteiger partial charge in [0.15, 0.2) is 0 Å². The van der Waals surface area contributed by atoms with E-state index in [2.05, 4.69) is 20.9 Å². The Labute approximate surface area is 180 Å². The third kappa shape index (κ3) is 5.93. The fraction of sp³-hybridized carbons (Fsp3) is 0.333. The van der Waals surface area contributed by atoms with E-state index in [0.29, 0.717) is 24.2 Å². The van der Waals surface area contributed by atoms with Crippen LogP contribution in [-0.4, -0.2) is 46.9 Å². The third-order valence-electron chi connectivity index (χ3n) is 4.67. The molecule has 4 amide bonds. The van der Waals surface area contributed by atoms with Crippen molar-refractivity contribution < 1.29 is 14.4 Å². The van der Waals surface area contributed by atoms with Crippen LogP contribution in [0.2, 0.25) is 5.02 Å². The Morgan fingerprint density at radius 3 is 2.77 bits per heavy atom. The summed E-state index contributed by atoms with van der Waals surface area (Å²) in [6.07, 6.45) is 3.08. The van der Waals surface area contributed by atoms with Crippen LogP contribution in [0.25, 0.3) is 0 Å². The van der Waals surface area contributed by atoms with E-state index in [4.69, 9.17) is 11.6 Å². The molecule has 1 fully saturated rings. The number of nitrogens with zero attached hydrogens (tertiary/aromatic N) is 2. The largest absolute Gasteiger partial charge is 0.346 e. The van der Waals surface area contributed by atoms with Gasteiger partial charge in [0.1, 0.15) is 0 Å². The number of anilines is 1. The molecule has 0 spiro atoms. The molecule has 0 aliphatic carbocycles. The molecule has 0 saturated carbocycles. The Hall–Kier alpha value is -3.13. The molecule has 8 nitrogen and oxygen atoms in total. The van der Waals surface area contributed by atoms with E-state index in [-0.39, 0.29) is 29.4 Å². The summed E-state index contributed by atoms with van der Waals surface area (Å²) in [5.74, 6) is -0.210. The number of carbonyl (C=O) groups is 3. The lowest BCUT2D eigenvalue weighted by Crippen LogP contribution is -2.44. The summed E-state index contributed by atoms with van der Waals surface area (Å²) in [4.78, 5) is 42.2. The van der Waals surface area contributed by atoms with E-state index >= 15 is 0 Å². The van der Waals surface area contributed by atoms with Crippen LogP contribution in [0, 0.1) is 0 Å². The van der Waals surface area contributed by atoms with Gasteiger partial charge in [-0.05, 0) is 43.7 Å². The van der Waals surface area contributed by atoms with Gasteiger partial charge in [-0.1, -0.05) is 17.7 Å². The van der Waals surface area contributed by atoms with E-state index in [1.165, 1.54) is 6.07 Å². The lowest BCUT2D eigenvalue weighted by Gasteiger charge is -2.21. The first-order valence-corrected chi connectivity index (χ1v) is 10.1. The number of urea groups is 1. The van der Waals surface area contributed by atoms with Gasteiger partial charge in [0.05, 0.1) is 22.8 Å². The first-order chi connectivity index (χ1) is 14.4. The van der Waals surface area contributed by atoms with Crippen molar-refractivity contribution in [2.75, 3.05) is 18.4 Å². The lowest BCUT2D eigenvalue weighted by atomic mass is 10.2. The van der Waals surface area contributed by atoms with Crippen molar-refractivity contribution >= 4 is 35.1 Å². The zero-order valence-electron chi connectivity index (χ0n) is 16.7. The molecule has 1 aromatic heterocycles. The zero-order chi connectivity index (χ0) is 21.5. The van der Waals surface area contributed by atoms with Gasteiger partial charge in [-0.3, -0.25) is 14.6 Å². The second-order valence-electron chi connectivity index (χ2n) is 7.14. The molecule has 3 N–H and O–H groups in total. The summed E-state index contributed by atoms with van der Waals surface area (Å²) in [6.45, 7) is 3.33. The highest BCUT2D eigenvalue weighted by molar-refractivity contribution is 6.34. The second kappa shape index (κ2) is 10.1. The van der Waals surface area contributed by atoms with Crippen molar-refractivity contribution in [1.29, 1.82) is 0 Å². The van der Waals surface area contributed by atoms with Crippen molar-refractivity contribution in [3.8, 4) is 0 Å². The quantitative estimate of drug-likeness (QED) is 0.629. The molecule has 0 radical (unpaired) electrons. The van der Waals surface area contributed by atoms with Gasteiger partial charge in [0.25, 0.3) is 5.91 Å². The molecule has 0 bridgehead atoms. The molecular formula is C21H24ClN5O3. The topological polar surface area (TPSA) is 103 Å². The van der Waals surface area contributed by atoms with Crippen LogP contribution in [0.3, 0.4) is 0 Å². The minimum atomic E-state index is -0.405. The monoisotopic (exact) mass is 429 g/mol. The molecule has 2 aromatic rings. The molecule has 1 aromatic carbocycles. The highest BCUT2D eigenvalue weighted by atomic mass is 35.5. The number of aromatic nitrogens is 1. The standard InChI is InChI=1S/C21H24ClN5O3/c1-14(13-27-10-4-6-19(27)28)25-21(30)26-15-7-8-17(18(22)11-15)20(29)24-12-16-5-2-3-9-23-16/h2-3,5,7-9,11,14H,4,6,10,12-13H2,1H3,(H,24,29)(H2,25,26,30). The first kappa shape index (κ1) is 21.6. The smallest absolute Gasteiger partial charge is 0.319 e. The fourth-order valence-electron chi connectivity index (χ4n) is 3.21. The van der Waals surface area contributed by atoms with Crippen molar-refractivity contribution in [3.63, 3.8) is 0 Å². The number of benzene rings is 1. The van der Waals surface area contributed by atoms with Crippen molar-refractivity contribution in [2.24, 2.45) is 0 Å². The van der Waals surface area contributed by atoms with Crippen molar-refractivity contribution in [3.05, 3.63) is 58.9 Å². The van der Waals surface area contributed by atoms with E-state index in [1.54, 1.807) is 29.3 Å². The summed E-state index contributed by atoms with van der Waals surface area (Å²) in [5, 5.41) is 8.48. The molecule has 1 saturated heterocycles. The number of rotatable bonds is 7. The average molecular weight is 430 g/mol. The molecule has 1 aliphatic heterocycles. The fourth-order valence-corrected chi connectivity index (χ4v) is 3.48. The van der Waals surface area contributed by atoms with Gasteiger partial charge in [-0.15, -0.1) is 0 Å². The molecular weight excluding hydrogens is 406 g/mol. The maximum atomic E-state index is 12.4. The Morgan fingerprint density at radius 1 is 1.27 bits per heavy atom. The highest BCUT2D eigenvalue weighted by Crippen LogP contribution is 2.21. The minimum absolute atomic E-state index is 0.118. The van der Waals surface area contributed by atoms with Crippen molar-refractivity contribution in [2.45, 2.75) is 32.4 Å². The zero-order valence-corrected chi connectivity index (χ0v) is 17.4. The average Bonchev–Trinajstić information content (AvgIpc) is 3.11. The molecule has 1 atom stereocenters. The van der Waals surface area contributed by atoms with Crippen LogP contribution in [0.4, 0.5) is 10.5 Å². The number of pyridine rings is 1. The molecule has 3 rings (SSSR count). The summed E-state index contributed by atoms with van der Waals surface area (Å²) in [7, 11) is 0. The van der Waals surface area contributed by atoms with Crippen LogP contribution < -0.4 is 16.0 Å². The number of hydrogen-bond acceptors (Lipinski definition) is 4. The predicted octanol–water partition coefficient (Wildman–Crippen LogP) is 2.80. The SMILES string of the molecule is CC(CN1CCCC1=O)NC(=O)Nc1ccc(C(=O)NCc2ccccn2)c(Cl)c1. The predicted molar refractivity (Wildman–Crippen MR) is 114 cm³/mol. The van der Waals surface area contributed by atoms with Gasteiger partial charge in [0, 0.05) is 37.4 Å². The summed E-state index contributed by atoms with van der Waals surface area (Å²) in [5.41, 5.74) is 1.50. The van der Waals surface area contributed by atoms with Gasteiger partial charge >= 0.3 is 6.03 Å². The second-order valence-corrected chi connectivity index (χ2v) is 7.55. The normalized spacial score (nSPS) is 14.3. The highest BCUT2D eigenvalue weighted by Gasteiger charge is 2.22. The van der Waals surface area contributed by atoms with E-state index < -0.39 is 6.03 Å². The summed E-state index contributed by atoms with van der Waals surface area (Å²) < 4.78 is 0. The summed E-state index contributed by atoms with van der Waals surface area (Å²) >= 11 is 6.23. The van der Waals surface area contributed by atoms with E-state index in [9.17, 15) is 14.4 Å². The van der Waals surface area contributed by atoms with Crippen molar-refractivity contribution in [1.82, 2.24) is 20.5 Å². The maximum Gasteiger partial charge on any atom is 0.319 e.